The number of hydrogen-bond donors (Lipinski definition) is 0. The Morgan fingerprint density at radius 3 is 2.48 bits per heavy atom. The topological polar surface area (TPSA) is 40.6 Å². The molecule has 1 aromatic rings. The summed E-state index contributed by atoms with van der Waals surface area (Å²) < 4.78 is 0. The summed E-state index contributed by atoms with van der Waals surface area (Å²) in [6.07, 6.45) is 3.09. The van der Waals surface area contributed by atoms with E-state index in [2.05, 4.69) is 12.1 Å². The van der Waals surface area contributed by atoms with Crippen LogP contribution in [0.25, 0.3) is 0 Å². The first-order valence-electron chi connectivity index (χ1n) is 9.20. The molecule has 0 bridgehead atoms. The Balaban J connectivity index is 1.68. The molecule has 3 rings (SSSR count). The molecule has 136 valence electrons. The van der Waals surface area contributed by atoms with Crippen LogP contribution in [-0.2, 0) is 11.2 Å². The molecular weight excluding hydrogens is 332 g/mol. The van der Waals surface area contributed by atoms with Crippen LogP contribution in [0.3, 0.4) is 0 Å². The van der Waals surface area contributed by atoms with Crippen LogP contribution in [0.15, 0.2) is 23.1 Å². The fourth-order valence-corrected chi connectivity index (χ4v) is 4.49. The Morgan fingerprint density at radius 2 is 1.72 bits per heavy atom. The lowest BCUT2D eigenvalue weighted by Gasteiger charge is -2.28. The van der Waals surface area contributed by atoms with Gasteiger partial charge >= 0.3 is 0 Å². The van der Waals surface area contributed by atoms with Crippen molar-refractivity contribution >= 4 is 23.6 Å². The molecule has 2 aliphatic heterocycles. The van der Waals surface area contributed by atoms with Crippen LogP contribution < -0.4 is 0 Å². The van der Waals surface area contributed by atoms with Crippen LogP contribution in [0, 0.1) is 5.41 Å². The van der Waals surface area contributed by atoms with Gasteiger partial charge in [0.1, 0.15) is 0 Å². The van der Waals surface area contributed by atoms with Crippen molar-refractivity contribution in [2.24, 2.45) is 5.41 Å². The highest BCUT2D eigenvalue weighted by molar-refractivity contribution is 7.99. The standard InChI is InChI=1S/C20H28N2O2S/c1-20(2,3)19(24)22-10-5-9-21(11-12-22)18(23)16-7-8-17-15(14-16)6-4-13-25-17/h7-8,14H,4-6,9-13H2,1-3H3. The lowest BCUT2D eigenvalue weighted by molar-refractivity contribution is -0.139. The molecule has 0 saturated carbocycles. The maximum absolute atomic E-state index is 12.9. The fraction of sp³-hybridized carbons (Fsp3) is 0.600. The van der Waals surface area contributed by atoms with E-state index in [1.807, 2.05) is 48.4 Å². The van der Waals surface area contributed by atoms with Gasteiger partial charge in [0.2, 0.25) is 5.91 Å². The molecule has 0 radical (unpaired) electrons. The lowest BCUT2D eigenvalue weighted by atomic mass is 9.94. The van der Waals surface area contributed by atoms with Crippen molar-refractivity contribution < 1.29 is 9.59 Å². The summed E-state index contributed by atoms with van der Waals surface area (Å²) >= 11 is 1.88. The van der Waals surface area contributed by atoms with Crippen molar-refractivity contribution in [1.29, 1.82) is 0 Å². The smallest absolute Gasteiger partial charge is 0.253 e. The molecule has 1 fully saturated rings. The zero-order valence-corrected chi connectivity index (χ0v) is 16.3. The minimum Gasteiger partial charge on any atom is -0.340 e. The minimum atomic E-state index is -0.366. The van der Waals surface area contributed by atoms with E-state index in [4.69, 9.17) is 0 Å². The van der Waals surface area contributed by atoms with Crippen molar-refractivity contribution in [3.05, 3.63) is 29.3 Å². The van der Waals surface area contributed by atoms with Crippen molar-refractivity contribution in [2.75, 3.05) is 31.9 Å². The van der Waals surface area contributed by atoms with Gasteiger partial charge in [0.05, 0.1) is 0 Å². The molecule has 2 amide bonds. The van der Waals surface area contributed by atoms with Gasteiger partial charge in [-0.15, -0.1) is 11.8 Å². The second-order valence-corrected chi connectivity index (χ2v) is 9.10. The van der Waals surface area contributed by atoms with Crippen molar-refractivity contribution in [3.8, 4) is 0 Å². The Kier molecular flexibility index (Phi) is 5.42. The second-order valence-electron chi connectivity index (χ2n) is 7.96. The van der Waals surface area contributed by atoms with Gasteiger partial charge < -0.3 is 9.80 Å². The number of fused-ring (bicyclic) bond motifs is 1. The van der Waals surface area contributed by atoms with E-state index in [-0.39, 0.29) is 17.2 Å². The summed E-state index contributed by atoms with van der Waals surface area (Å²) in [7, 11) is 0. The van der Waals surface area contributed by atoms with Crippen LogP contribution in [-0.4, -0.2) is 53.5 Å². The summed E-state index contributed by atoms with van der Waals surface area (Å²) in [5, 5.41) is 0. The molecule has 5 heteroatoms. The number of rotatable bonds is 1. The number of nitrogens with zero attached hydrogens (tertiary/aromatic N) is 2. The van der Waals surface area contributed by atoms with Gasteiger partial charge in [-0.05, 0) is 48.8 Å². The van der Waals surface area contributed by atoms with Crippen LogP contribution in [0.2, 0.25) is 0 Å². The quantitative estimate of drug-likeness (QED) is 0.770. The average Bonchev–Trinajstić information content (AvgIpc) is 2.85. The van der Waals surface area contributed by atoms with Crippen LogP contribution in [0.4, 0.5) is 0 Å². The summed E-state index contributed by atoms with van der Waals surface area (Å²) in [5.74, 6) is 1.44. The molecular formula is C20H28N2O2S. The zero-order chi connectivity index (χ0) is 18.0. The Labute approximate surface area is 154 Å². The number of benzene rings is 1. The molecule has 0 N–H and O–H groups in total. The van der Waals surface area contributed by atoms with E-state index in [0.717, 1.165) is 31.5 Å². The summed E-state index contributed by atoms with van der Waals surface area (Å²) in [6, 6.07) is 6.13. The summed E-state index contributed by atoms with van der Waals surface area (Å²) in [5.41, 5.74) is 1.73. The van der Waals surface area contributed by atoms with Gasteiger partial charge in [-0.3, -0.25) is 9.59 Å². The largest absolute Gasteiger partial charge is 0.340 e. The Bertz CT molecular complexity index is 666. The van der Waals surface area contributed by atoms with Gasteiger partial charge in [-0.2, -0.15) is 0 Å². The third-order valence-electron chi connectivity index (χ3n) is 4.87. The third-order valence-corrected chi connectivity index (χ3v) is 6.07. The van der Waals surface area contributed by atoms with Crippen molar-refractivity contribution in [2.45, 2.75) is 44.9 Å². The summed E-state index contributed by atoms with van der Waals surface area (Å²) in [4.78, 5) is 30.6. The van der Waals surface area contributed by atoms with E-state index in [1.54, 1.807) is 0 Å². The first-order valence-corrected chi connectivity index (χ1v) is 10.2. The van der Waals surface area contributed by atoms with Crippen LogP contribution in [0.5, 0.6) is 0 Å². The first kappa shape index (κ1) is 18.3. The highest BCUT2D eigenvalue weighted by atomic mass is 32.2. The van der Waals surface area contributed by atoms with E-state index in [0.29, 0.717) is 13.1 Å². The number of amides is 2. The molecule has 0 atom stereocenters. The van der Waals surface area contributed by atoms with Gasteiger partial charge in [0.25, 0.3) is 5.91 Å². The molecule has 0 aromatic heterocycles. The van der Waals surface area contributed by atoms with Gasteiger partial charge in [-0.1, -0.05) is 20.8 Å². The highest BCUT2D eigenvalue weighted by Crippen LogP contribution is 2.30. The molecule has 1 saturated heterocycles. The lowest BCUT2D eigenvalue weighted by Crippen LogP contribution is -2.42. The van der Waals surface area contributed by atoms with E-state index < -0.39 is 0 Å². The molecule has 4 nitrogen and oxygen atoms in total. The number of aryl methyl sites for hydroxylation is 1. The Morgan fingerprint density at radius 1 is 1.00 bits per heavy atom. The highest BCUT2D eigenvalue weighted by Gasteiger charge is 2.29. The van der Waals surface area contributed by atoms with Crippen LogP contribution >= 0.6 is 11.8 Å². The molecule has 0 unspecified atom stereocenters. The zero-order valence-electron chi connectivity index (χ0n) is 15.5. The van der Waals surface area contributed by atoms with E-state index in [9.17, 15) is 9.59 Å². The second kappa shape index (κ2) is 7.40. The SMILES string of the molecule is CC(C)(C)C(=O)N1CCCN(C(=O)c2ccc3c(c2)CCCS3)CC1. The summed E-state index contributed by atoms with van der Waals surface area (Å²) in [6.45, 7) is 8.56. The van der Waals surface area contributed by atoms with Crippen molar-refractivity contribution in [3.63, 3.8) is 0 Å². The van der Waals surface area contributed by atoms with E-state index in [1.165, 1.54) is 22.6 Å². The fourth-order valence-electron chi connectivity index (χ4n) is 3.47. The number of carbonyl (C=O) groups is 2. The molecule has 1 aromatic carbocycles. The average molecular weight is 361 g/mol. The first-order chi connectivity index (χ1) is 11.9. The molecule has 2 heterocycles. The predicted molar refractivity (Wildman–Crippen MR) is 102 cm³/mol. The van der Waals surface area contributed by atoms with Crippen LogP contribution in [0.1, 0.15) is 49.5 Å². The number of thioether (sulfide) groups is 1. The van der Waals surface area contributed by atoms with E-state index >= 15 is 0 Å². The number of hydrogen-bond acceptors (Lipinski definition) is 3. The Hall–Kier alpha value is -1.49. The number of carbonyl (C=O) groups excluding carboxylic acids is 2. The molecule has 0 spiro atoms. The van der Waals surface area contributed by atoms with Gasteiger partial charge in [0.15, 0.2) is 0 Å². The molecule has 2 aliphatic rings. The van der Waals surface area contributed by atoms with Crippen molar-refractivity contribution in [1.82, 2.24) is 9.80 Å². The predicted octanol–water partition coefficient (Wildman–Crippen LogP) is 3.45. The third kappa shape index (κ3) is 4.20. The normalized spacial score (nSPS) is 18.5. The minimum absolute atomic E-state index is 0.100. The molecule has 0 aliphatic carbocycles. The molecule has 25 heavy (non-hydrogen) atoms. The maximum Gasteiger partial charge on any atom is 0.253 e. The van der Waals surface area contributed by atoms with Gasteiger partial charge in [-0.25, -0.2) is 0 Å². The van der Waals surface area contributed by atoms with Gasteiger partial charge in [0, 0.05) is 42.1 Å². The monoisotopic (exact) mass is 360 g/mol. The maximum atomic E-state index is 12.9.